The van der Waals surface area contributed by atoms with Crippen molar-refractivity contribution < 1.29 is 14.3 Å². The van der Waals surface area contributed by atoms with E-state index < -0.39 is 0 Å². The number of hydrogen-bond donors (Lipinski definition) is 1. The van der Waals surface area contributed by atoms with Crippen molar-refractivity contribution in [2.24, 2.45) is 5.10 Å². The summed E-state index contributed by atoms with van der Waals surface area (Å²) in [6.45, 7) is 0. The average molecular weight is 419 g/mol. The SMILES string of the molecule is COc1ccc(OC)c(/C=N\NC(=O)CSC2c3ccccc3-c3ccccc32)c1. The maximum absolute atomic E-state index is 12.4. The Morgan fingerprint density at radius 2 is 1.67 bits per heavy atom. The van der Waals surface area contributed by atoms with Gasteiger partial charge in [-0.25, -0.2) is 5.43 Å². The lowest BCUT2D eigenvalue weighted by Gasteiger charge is -2.12. The van der Waals surface area contributed by atoms with E-state index in [0.29, 0.717) is 17.3 Å². The molecule has 5 nitrogen and oxygen atoms in total. The van der Waals surface area contributed by atoms with Crippen molar-refractivity contribution >= 4 is 23.9 Å². The quantitative estimate of drug-likeness (QED) is 0.448. The average Bonchev–Trinajstić information content (AvgIpc) is 3.11. The molecule has 0 spiro atoms. The third-order valence-corrected chi connectivity index (χ3v) is 6.26. The Hall–Kier alpha value is -3.25. The number of carbonyl (C=O) groups excluding carboxylic acids is 1. The van der Waals surface area contributed by atoms with Gasteiger partial charge in [0.05, 0.1) is 31.4 Å². The molecule has 1 N–H and O–H groups in total. The zero-order valence-electron chi connectivity index (χ0n) is 16.8. The van der Waals surface area contributed by atoms with Gasteiger partial charge in [0.25, 0.3) is 0 Å². The molecule has 0 aliphatic heterocycles. The minimum Gasteiger partial charge on any atom is -0.497 e. The normalized spacial score (nSPS) is 12.5. The van der Waals surface area contributed by atoms with E-state index in [9.17, 15) is 4.79 Å². The lowest BCUT2D eigenvalue weighted by Crippen LogP contribution is -2.20. The summed E-state index contributed by atoms with van der Waals surface area (Å²) in [4.78, 5) is 12.4. The fourth-order valence-electron chi connectivity index (χ4n) is 3.59. The second-order valence-electron chi connectivity index (χ2n) is 6.77. The van der Waals surface area contributed by atoms with Gasteiger partial charge in [0.1, 0.15) is 11.5 Å². The van der Waals surface area contributed by atoms with Crippen LogP contribution >= 0.6 is 11.8 Å². The minimum atomic E-state index is -0.153. The van der Waals surface area contributed by atoms with Gasteiger partial charge in [-0.1, -0.05) is 48.5 Å². The number of thioether (sulfide) groups is 1. The van der Waals surface area contributed by atoms with E-state index in [4.69, 9.17) is 9.47 Å². The molecule has 0 aromatic heterocycles. The molecule has 3 aromatic carbocycles. The summed E-state index contributed by atoms with van der Waals surface area (Å²) >= 11 is 1.61. The third-order valence-electron chi connectivity index (χ3n) is 4.99. The highest BCUT2D eigenvalue weighted by Crippen LogP contribution is 2.49. The number of nitrogens with zero attached hydrogens (tertiary/aromatic N) is 1. The molecule has 0 bridgehead atoms. The van der Waals surface area contributed by atoms with Crippen LogP contribution in [-0.4, -0.2) is 32.1 Å². The smallest absolute Gasteiger partial charge is 0.250 e. The molecule has 0 saturated carbocycles. The first-order valence-corrected chi connectivity index (χ1v) is 10.6. The molecule has 0 atom stereocenters. The van der Waals surface area contributed by atoms with Crippen LogP contribution in [0.1, 0.15) is 21.9 Å². The Morgan fingerprint density at radius 1 is 1.00 bits per heavy atom. The summed E-state index contributed by atoms with van der Waals surface area (Å²) < 4.78 is 10.5. The van der Waals surface area contributed by atoms with Crippen molar-refractivity contribution in [2.75, 3.05) is 20.0 Å². The van der Waals surface area contributed by atoms with Crippen LogP contribution in [0.15, 0.2) is 71.8 Å². The van der Waals surface area contributed by atoms with Gasteiger partial charge >= 0.3 is 0 Å². The minimum absolute atomic E-state index is 0.144. The van der Waals surface area contributed by atoms with Crippen molar-refractivity contribution in [1.29, 1.82) is 0 Å². The molecule has 1 aliphatic rings. The molecule has 4 rings (SSSR count). The molecule has 1 aliphatic carbocycles. The predicted octanol–water partition coefficient (Wildman–Crippen LogP) is 4.66. The van der Waals surface area contributed by atoms with Crippen molar-refractivity contribution in [2.45, 2.75) is 5.25 Å². The fraction of sp³-hybridized carbons (Fsp3) is 0.167. The predicted molar refractivity (Wildman–Crippen MR) is 121 cm³/mol. The molecule has 0 saturated heterocycles. The van der Waals surface area contributed by atoms with Crippen molar-refractivity contribution in [1.82, 2.24) is 5.43 Å². The van der Waals surface area contributed by atoms with Crippen molar-refractivity contribution in [3.8, 4) is 22.6 Å². The first-order valence-electron chi connectivity index (χ1n) is 9.55. The summed E-state index contributed by atoms with van der Waals surface area (Å²) in [5, 5.41) is 4.23. The van der Waals surface area contributed by atoms with Gasteiger partial charge in [-0.05, 0) is 40.5 Å². The Labute approximate surface area is 180 Å². The number of ether oxygens (including phenoxy) is 2. The van der Waals surface area contributed by atoms with Crippen LogP contribution < -0.4 is 14.9 Å². The maximum atomic E-state index is 12.4. The monoisotopic (exact) mass is 418 g/mol. The molecular weight excluding hydrogens is 396 g/mol. The molecule has 30 heavy (non-hydrogen) atoms. The molecular formula is C24H22N2O3S. The first kappa shape index (κ1) is 20.0. The van der Waals surface area contributed by atoms with E-state index >= 15 is 0 Å². The highest BCUT2D eigenvalue weighted by Gasteiger charge is 2.28. The molecule has 0 heterocycles. The Kier molecular flexibility index (Phi) is 6.05. The van der Waals surface area contributed by atoms with E-state index in [0.717, 1.165) is 5.56 Å². The zero-order chi connectivity index (χ0) is 20.9. The van der Waals surface area contributed by atoms with Gasteiger partial charge in [0, 0.05) is 5.56 Å². The highest BCUT2D eigenvalue weighted by molar-refractivity contribution is 8.00. The van der Waals surface area contributed by atoms with Gasteiger partial charge in [0.2, 0.25) is 5.91 Å². The summed E-state index contributed by atoms with van der Waals surface area (Å²) in [6.07, 6.45) is 1.56. The van der Waals surface area contributed by atoms with Crippen molar-refractivity contribution in [3.63, 3.8) is 0 Å². The lowest BCUT2D eigenvalue weighted by atomic mass is 10.1. The molecule has 0 unspecified atom stereocenters. The number of nitrogens with one attached hydrogen (secondary N) is 1. The molecule has 0 radical (unpaired) electrons. The molecule has 6 heteroatoms. The van der Waals surface area contributed by atoms with Crippen LogP contribution in [0.3, 0.4) is 0 Å². The fourth-order valence-corrected chi connectivity index (χ4v) is 4.75. The van der Waals surface area contributed by atoms with Crippen LogP contribution in [0, 0.1) is 0 Å². The molecule has 152 valence electrons. The number of fused-ring (bicyclic) bond motifs is 3. The molecule has 0 fully saturated rings. The summed E-state index contributed by atoms with van der Waals surface area (Å²) in [5.41, 5.74) is 8.32. The lowest BCUT2D eigenvalue weighted by molar-refractivity contribution is -0.118. The van der Waals surface area contributed by atoms with Crippen LogP contribution in [-0.2, 0) is 4.79 Å². The summed E-state index contributed by atoms with van der Waals surface area (Å²) in [5.74, 6) is 1.50. The number of benzene rings is 3. The standard InChI is InChI=1S/C24H22N2O3S/c1-28-17-11-12-22(29-2)16(13-17)14-25-26-23(27)15-30-24-20-9-5-3-7-18(20)19-8-4-6-10-21(19)24/h3-14,24H,15H2,1-2H3,(H,26,27)/b25-14-. The number of carbonyl (C=O) groups is 1. The molecule has 1 amide bonds. The number of rotatable bonds is 7. The van der Waals surface area contributed by atoms with Gasteiger partial charge in [-0.15, -0.1) is 11.8 Å². The summed E-state index contributed by atoms with van der Waals surface area (Å²) in [6, 6.07) is 22.2. The maximum Gasteiger partial charge on any atom is 0.250 e. The Morgan fingerprint density at radius 3 is 2.30 bits per heavy atom. The van der Waals surface area contributed by atoms with E-state index in [1.807, 2.05) is 18.2 Å². The highest BCUT2D eigenvalue weighted by atomic mass is 32.2. The first-order chi connectivity index (χ1) is 14.7. The number of amides is 1. The van der Waals surface area contributed by atoms with Crippen LogP contribution in [0.4, 0.5) is 0 Å². The largest absolute Gasteiger partial charge is 0.497 e. The van der Waals surface area contributed by atoms with E-state index in [1.165, 1.54) is 22.3 Å². The van der Waals surface area contributed by atoms with Crippen LogP contribution in [0.2, 0.25) is 0 Å². The van der Waals surface area contributed by atoms with Gasteiger partial charge in [0.15, 0.2) is 0 Å². The van der Waals surface area contributed by atoms with Crippen LogP contribution in [0.25, 0.3) is 11.1 Å². The zero-order valence-corrected chi connectivity index (χ0v) is 17.6. The summed E-state index contributed by atoms with van der Waals surface area (Å²) in [7, 11) is 3.19. The topological polar surface area (TPSA) is 59.9 Å². The van der Waals surface area contributed by atoms with Crippen LogP contribution in [0.5, 0.6) is 11.5 Å². The van der Waals surface area contributed by atoms with Gasteiger partial charge < -0.3 is 9.47 Å². The number of hydrazone groups is 1. The number of hydrogen-bond acceptors (Lipinski definition) is 5. The van der Waals surface area contributed by atoms with Crippen molar-refractivity contribution in [3.05, 3.63) is 83.4 Å². The van der Waals surface area contributed by atoms with Gasteiger partial charge in [-0.2, -0.15) is 5.10 Å². The van der Waals surface area contributed by atoms with E-state index in [-0.39, 0.29) is 11.2 Å². The van der Waals surface area contributed by atoms with E-state index in [2.05, 4.69) is 46.9 Å². The second kappa shape index (κ2) is 9.05. The molecule has 3 aromatic rings. The number of methoxy groups -OCH3 is 2. The Balaban J connectivity index is 1.41. The third kappa shape index (κ3) is 4.04. The van der Waals surface area contributed by atoms with Gasteiger partial charge in [-0.3, -0.25) is 4.79 Å². The second-order valence-corrected chi connectivity index (χ2v) is 7.86. The van der Waals surface area contributed by atoms with E-state index in [1.54, 1.807) is 44.3 Å². The Bertz CT molecular complexity index is 1050.